The second-order valence-corrected chi connectivity index (χ2v) is 6.31. The molecule has 0 unspecified atom stereocenters. The third-order valence-corrected chi connectivity index (χ3v) is 4.22. The van der Waals surface area contributed by atoms with E-state index >= 15 is 0 Å². The van der Waals surface area contributed by atoms with Gasteiger partial charge in [0, 0.05) is 10.6 Å². The number of aldehydes is 1. The van der Waals surface area contributed by atoms with Crippen LogP contribution in [0.25, 0.3) is 0 Å². The molecule has 0 amide bonds. The molecule has 27 heavy (non-hydrogen) atoms. The monoisotopic (exact) mass is 382 g/mol. The van der Waals surface area contributed by atoms with Crippen LogP contribution in [0.4, 0.5) is 0 Å². The molecule has 0 aliphatic rings. The lowest BCUT2D eigenvalue weighted by atomic mass is 10.2. The fraction of sp³-hybridized carbons (Fsp3) is 0.136. The van der Waals surface area contributed by atoms with Gasteiger partial charge in [-0.05, 0) is 53.6 Å². The van der Waals surface area contributed by atoms with Gasteiger partial charge in [0.2, 0.25) is 0 Å². The molecule has 0 saturated heterocycles. The molecule has 138 valence electrons. The fourth-order valence-electron chi connectivity index (χ4n) is 2.45. The maximum atomic E-state index is 11.1. The topological polar surface area (TPSA) is 44.8 Å². The molecular formula is C22H19ClO4. The van der Waals surface area contributed by atoms with Gasteiger partial charge in [-0.25, -0.2) is 0 Å². The maximum Gasteiger partial charge on any atom is 0.162 e. The summed E-state index contributed by atoms with van der Waals surface area (Å²) in [6.45, 7) is 0.722. The van der Waals surface area contributed by atoms with Crippen LogP contribution in [0.3, 0.4) is 0 Å². The average Bonchev–Trinajstić information content (AvgIpc) is 2.72. The lowest BCUT2D eigenvalue weighted by Gasteiger charge is -2.14. The molecule has 0 bridgehead atoms. The first kappa shape index (κ1) is 18.8. The van der Waals surface area contributed by atoms with E-state index in [1.165, 1.54) is 0 Å². The van der Waals surface area contributed by atoms with Gasteiger partial charge in [-0.1, -0.05) is 35.9 Å². The van der Waals surface area contributed by atoms with Crippen LogP contribution in [0.5, 0.6) is 17.2 Å². The van der Waals surface area contributed by atoms with Crippen LogP contribution in [0.1, 0.15) is 21.5 Å². The Balaban J connectivity index is 1.71. The molecule has 0 atom stereocenters. The van der Waals surface area contributed by atoms with Crippen molar-refractivity contribution in [3.05, 3.63) is 88.4 Å². The highest BCUT2D eigenvalue weighted by Gasteiger charge is 2.08. The molecule has 0 saturated carbocycles. The number of benzene rings is 3. The second-order valence-electron chi connectivity index (χ2n) is 5.88. The summed E-state index contributed by atoms with van der Waals surface area (Å²) >= 11 is 5.90. The van der Waals surface area contributed by atoms with Crippen molar-refractivity contribution in [2.45, 2.75) is 13.2 Å². The molecule has 3 aromatic carbocycles. The molecule has 0 aliphatic heterocycles. The lowest BCUT2D eigenvalue weighted by Crippen LogP contribution is -2.01. The van der Waals surface area contributed by atoms with E-state index in [9.17, 15) is 4.79 Å². The molecule has 0 heterocycles. The minimum absolute atomic E-state index is 0.346. The number of halogens is 1. The molecular weight excluding hydrogens is 364 g/mol. The summed E-state index contributed by atoms with van der Waals surface area (Å²) < 4.78 is 16.9. The predicted molar refractivity (Wildman–Crippen MR) is 105 cm³/mol. The largest absolute Gasteiger partial charge is 0.497 e. The Bertz CT molecular complexity index is 889. The Morgan fingerprint density at radius 2 is 1.41 bits per heavy atom. The zero-order valence-electron chi connectivity index (χ0n) is 14.9. The van der Waals surface area contributed by atoms with E-state index in [-0.39, 0.29) is 0 Å². The van der Waals surface area contributed by atoms with Crippen molar-refractivity contribution in [3.63, 3.8) is 0 Å². The standard InChI is InChI=1S/C22H19ClO4/c1-25-20-9-4-17(5-10-20)14-26-21-11-6-18(13-24)12-22(21)27-15-16-2-7-19(23)8-3-16/h2-13H,14-15H2,1H3. The van der Waals surface area contributed by atoms with Crippen LogP contribution in [0.15, 0.2) is 66.7 Å². The highest BCUT2D eigenvalue weighted by atomic mass is 35.5. The normalized spacial score (nSPS) is 10.3. The molecule has 0 fully saturated rings. The van der Waals surface area contributed by atoms with E-state index in [0.717, 1.165) is 23.2 Å². The van der Waals surface area contributed by atoms with Crippen LogP contribution >= 0.6 is 11.6 Å². The van der Waals surface area contributed by atoms with Gasteiger partial charge in [0.05, 0.1) is 7.11 Å². The maximum absolute atomic E-state index is 11.1. The Labute approximate surface area is 163 Å². The van der Waals surface area contributed by atoms with Crippen LogP contribution < -0.4 is 14.2 Å². The first-order valence-corrected chi connectivity index (χ1v) is 8.78. The van der Waals surface area contributed by atoms with Crippen LogP contribution in [-0.4, -0.2) is 13.4 Å². The summed E-state index contributed by atoms with van der Waals surface area (Å²) in [5.74, 6) is 1.88. The molecule has 0 aliphatic carbocycles. The molecule has 3 aromatic rings. The summed E-state index contributed by atoms with van der Waals surface area (Å²) in [5, 5.41) is 0.671. The average molecular weight is 383 g/mol. The van der Waals surface area contributed by atoms with Crippen LogP contribution in [-0.2, 0) is 13.2 Å². The van der Waals surface area contributed by atoms with Gasteiger partial charge in [0.1, 0.15) is 25.2 Å². The quantitative estimate of drug-likeness (QED) is 0.494. The summed E-state index contributed by atoms with van der Waals surface area (Å²) in [7, 11) is 1.63. The number of carbonyl (C=O) groups is 1. The highest BCUT2D eigenvalue weighted by Crippen LogP contribution is 2.30. The molecule has 0 spiro atoms. The highest BCUT2D eigenvalue weighted by molar-refractivity contribution is 6.30. The van der Waals surface area contributed by atoms with Crippen molar-refractivity contribution in [3.8, 4) is 17.2 Å². The summed E-state index contributed by atoms with van der Waals surface area (Å²) in [6.07, 6.45) is 0.780. The molecule has 0 N–H and O–H groups in total. The van der Waals surface area contributed by atoms with Crippen molar-refractivity contribution in [2.75, 3.05) is 7.11 Å². The smallest absolute Gasteiger partial charge is 0.162 e. The van der Waals surface area contributed by atoms with Crippen molar-refractivity contribution >= 4 is 17.9 Å². The van der Waals surface area contributed by atoms with Crippen LogP contribution in [0, 0.1) is 0 Å². The van der Waals surface area contributed by atoms with Crippen molar-refractivity contribution < 1.29 is 19.0 Å². The van der Waals surface area contributed by atoms with E-state index < -0.39 is 0 Å². The number of hydrogen-bond donors (Lipinski definition) is 0. The van der Waals surface area contributed by atoms with Gasteiger partial charge >= 0.3 is 0 Å². The minimum Gasteiger partial charge on any atom is -0.497 e. The first-order chi connectivity index (χ1) is 13.2. The SMILES string of the molecule is COc1ccc(COc2ccc(C=O)cc2OCc2ccc(Cl)cc2)cc1. The van der Waals surface area contributed by atoms with Gasteiger partial charge in [-0.3, -0.25) is 4.79 Å². The van der Waals surface area contributed by atoms with E-state index in [4.69, 9.17) is 25.8 Å². The van der Waals surface area contributed by atoms with Crippen molar-refractivity contribution in [2.24, 2.45) is 0 Å². The predicted octanol–water partition coefficient (Wildman–Crippen LogP) is 5.32. The molecule has 4 nitrogen and oxygen atoms in total. The Morgan fingerprint density at radius 3 is 2.00 bits per heavy atom. The van der Waals surface area contributed by atoms with Gasteiger partial charge in [0.25, 0.3) is 0 Å². The summed E-state index contributed by atoms with van der Waals surface area (Å²) in [6, 6.07) is 20.2. The molecule has 0 aromatic heterocycles. The van der Waals surface area contributed by atoms with Gasteiger partial charge in [0.15, 0.2) is 11.5 Å². The van der Waals surface area contributed by atoms with Crippen LogP contribution in [0.2, 0.25) is 5.02 Å². The number of methoxy groups -OCH3 is 1. The Kier molecular flexibility index (Phi) is 6.34. The zero-order chi connectivity index (χ0) is 19.1. The van der Waals surface area contributed by atoms with Gasteiger partial charge in [-0.15, -0.1) is 0 Å². The van der Waals surface area contributed by atoms with Gasteiger partial charge < -0.3 is 14.2 Å². The molecule has 0 radical (unpaired) electrons. The summed E-state index contributed by atoms with van der Waals surface area (Å²) in [4.78, 5) is 11.1. The zero-order valence-corrected chi connectivity index (χ0v) is 15.6. The second kappa shape index (κ2) is 9.10. The fourth-order valence-corrected chi connectivity index (χ4v) is 2.58. The minimum atomic E-state index is 0.346. The Morgan fingerprint density at radius 1 is 0.815 bits per heavy atom. The van der Waals surface area contributed by atoms with Crippen molar-refractivity contribution in [1.82, 2.24) is 0 Å². The van der Waals surface area contributed by atoms with E-state index in [2.05, 4.69) is 0 Å². The van der Waals surface area contributed by atoms with E-state index in [1.54, 1.807) is 25.3 Å². The third kappa shape index (κ3) is 5.25. The number of carbonyl (C=O) groups excluding carboxylic acids is 1. The third-order valence-electron chi connectivity index (χ3n) is 3.96. The Hall–Kier alpha value is -2.98. The first-order valence-electron chi connectivity index (χ1n) is 8.40. The van der Waals surface area contributed by atoms with Gasteiger partial charge in [-0.2, -0.15) is 0 Å². The van der Waals surface area contributed by atoms with E-state index in [1.807, 2.05) is 48.5 Å². The molecule has 3 rings (SSSR count). The lowest BCUT2D eigenvalue weighted by molar-refractivity contribution is 0.112. The number of hydrogen-bond acceptors (Lipinski definition) is 4. The number of rotatable bonds is 8. The number of ether oxygens (including phenoxy) is 3. The summed E-state index contributed by atoms with van der Waals surface area (Å²) in [5.41, 5.74) is 2.49. The van der Waals surface area contributed by atoms with Crippen molar-refractivity contribution in [1.29, 1.82) is 0 Å². The molecule has 5 heteroatoms. The van der Waals surface area contributed by atoms with E-state index in [0.29, 0.717) is 35.3 Å².